The summed E-state index contributed by atoms with van der Waals surface area (Å²) < 4.78 is 40.4. The summed E-state index contributed by atoms with van der Waals surface area (Å²) in [5.41, 5.74) is 3.69. The number of unbranched alkanes of at least 4 members (excludes halogenated alkanes) is 2. The second kappa shape index (κ2) is 16.3. The number of nitrogens with zero attached hydrogens (tertiary/aromatic N) is 3. The number of fused-ring (bicyclic) bond motifs is 9. The lowest BCUT2D eigenvalue weighted by Gasteiger charge is -2.61. The van der Waals surface area contributed by atoms with Crippen LogP contribution in [-0.4, -0.2) is 89.2 Å². The number of hydrogen-bond acceptors (Lipinski definition) is 12. The van der Waals surface area contributed by atoms with Gasteiger partial charge in [0.2, 0.25) is 10.6 Å². The molecule has 6 rings (SSSR count). The first-order valence-corrected chi connectivity index (χ1v) is 19.3. The zero-order valence-corrected chi connectivity index (χ0v) is 33.5. The molecule has 1 fully saturated rings. The molecule has 4 aliphatic rings. The van der Waals surface area contributed by atoms with Crippen LogP contribution in [0.1, 0.15) is 98.0 Å². The number of methoxy groups -OCH3 is 1. The van der Waals surface area contributed by atoms with E-state index >= 15 is 0 Å². The van der Waals surface area contributed by atoms with E-state index < -0.39 is 58.8 Å². The summed E-state index contributed by atoms with van der Waals surface area (Å²) in [4.78, 5) is 30.2. The van der Waals surface area contributed by atoms with Crippen molar-refractivity contribution in [2.75, 3.05) is 40.3 Å². The van der Waals surface area contributed by atoms with Gasteiger partial charge >= 0.3 is 12.1 Å². The van der Waals surface area contributed by atoms with Gasteiger partial charge in [-0.25, -0.2) is 4.79 Å². The number of carbonyl (C=O) groups is 2. The van der Waals surface area contributed by atoms with Crippen molar-refractivity contribution in [3.05, 3.63) is 39.4 Å². The monoisotopic (exact) mass is 809 g/mol. The number of esters is 1. The van der Waals surface area contributed by atoms with Crippen LogP contribution in [0.5, 0.6) is 28.7 Å². The number of alkyl halides is 3. The third kappa shape index (κ3) is 7.16. The Morgan fingerprint density at radius 3 is 2.28 bits per heavy atom. The molecule has 0 radical (unpaired) electrons. The zero-order chi connectivity index (χ0) is 39.1. The molecule has 2 aromatic carbocycles. The molecule has 1 amide bonds. The minimum atomic E-state index is -1.92. The lowest BCUT2D eigenvalue weighted by Crippen LogP contribution is -2.71. The minimum Gasteiger partial charge on any atom is -0.493 e. The molecule has 6 atom stereocenters. The van der Waals surface area contributed by atoms with E-state index in [1.807, 2.05) is 38.7 Å². The molecule has 1 N–H and O–H groups in total. The van der Waals surface area contributed by atoms with Crippen molar-refractivity contribution >= 4 is 46.9 Å². The maximum Gasteiger partial charge on any atom is 0.410 e. The average molecular weight is 811 g/mol. The third-order valence-electron chi connectivity index (χ3n) is 10.5. The van der Waals surface area contributed by atoms with Gasteiger partial charge in [0, 0.05) is 29.2 Å². The van der Waals surface area contributed by atoms with Crippen LogP contribution in [0.3, 0.4) is 0 Å². The first kappa shape index (κ1) is 40.1. The Morgan fingerprint density at radius 1 is 1.00 bits per heavy atom. The lowest BCUT2D eigenvalue weighted by molar-refractivity contribution is -0.151. The summed E-state index contributed by atoms with van der Waals surface area (Å²) in [7, 11) is 1.55. The molecule has 4 heterocycles. The summed E-state index contributed by atoms with van der Waals surface area (Å²) in [6, 6.07) is -0.444. The van der Waals surface area contributed by atoms with Gasteiger partial charge in [-0.1, -0.05) is 67.6 Å². The highest BCUT2D eigenvalue weighted by Crippen LogP contribution is 2.61. The standard InChI is InChI=1S/C38H46Cl3N3O10/c1-7-9-11-49-33-20(4)34-36(54-18-53-34)27-25(16-51-21(5)45)43-24(15-42)23-14-22-13-19(3)32(48-6)35(50-12-10-8-2)26(22)29(30(43)31(46)28(27)33)44(23)37(47)52-17-38(39,40)41/h13,23-25,29-31,46H,7-12,14,16-18H2,1-6H3/t23?,24-,25?,29?,30+,31?/m0/s1. The van der Waals surface area contributed by atoms with Crippen LogP contribution < -0.4 is 23.7 Å². The molecule has 2 bridgehead atoms. The molecule has 0 aromatic heterocycles. The van der Waals surface area contributed by atoms with E-state index in [1.54, 1.807) is 7.11 Å². The Balaban J connectivity index is 1.66. The molecule has 0 aliphatic carbocycles. The van der Waals surface area contributed by atoms with E-state index in [9.17, 15) is 20.0 Å². The van der Waals surface area contributed by atoms with Crippen LogP contribution in [0.4, 0.5) is 4.79 Å². The highest BCUT2D eigenvalue weighted by molar-refractivity contribution is 6.67. The van der Waals surface area contributed by atoms with Gasteiger partial charge < -0.3 is 38.3 Å². The Labute approximate surface area is 330 Å². The van der Waals surface area contributed by atoms with Gasteiger partial charge in [0.05, 0.1) is 50.6 Å². The highest BCUT2D eigenvalue weighted by atomic mass is 35.6. The van der Waals surface area contributed by atoms with E-state index in [0.717, 1.165) is 36.8 Å². The molecule has 2 aromatic rings. The van der Waals surface area contributed by atoms with Crippen molar-refractivity contribution in [2.24, 2.45) is 0 Å². The number of piperazine rings is 1. The van der Waals surface area contributed by atoms with Crippen molar-refractivity contribution < 1.29 is 47.9 Å². The fourth-order valence-electron chi connectivity index (χ4n) is 8.35. The number of aryl methyl sites for hydroxylation is 1. The molecule has 4 aliphatic heterocycles. The number of carbonyl (C=O) groups excluding carboxylic acids is 2. The predicted octanol–water partition coefficient (Wildman–Crippen LogP) is 7.10. The quantitative estimate of drug-likeness (QED) is 0.132. The number of halogens is 3. The predicted molar refractivity (Wildman–Crippen MR) is 199 cm³/mol. The number of rotatable bonds is 12. The molecule has 54 heavy (non-hydrogen) atoms. The number of amides is 1. The number of nitriles is 1. The summed E-state index contributed by atoms with van der Waals surface area (Å²) in [5.74, 6) is 1.54. The second-order valence-electron chi connectivity index (χ2n) is 13.9. The van der Waals surface area contributed by atoms with E-state index in [1.165, 1.54) is 11.8 Å². The van der Waals surface area contributed by atoms with E-state index in [2.05, 4.69) is 6.07 Å². The molecule has 294 valence electrons. The van der Waals surface area contributed by atoms with Crippen LogP contribution >= 0.6 is 34.8 Å². The summed E-state index contributed by atoms with van der Waals surface area (Å²) in [6.07, 6.45) is 1.14. The number of benzene rings is 2. The number of aliphatic hydroxyl groups is 1. The summed E-state index contributed by atoms with van der Waals surface area (Å²) >= 11 is 18.1. The van der Waals surface area contributed by atoms with Crippen molar-refractivity contribution in [3.63, 3.8) is 0 Å². The van der Waals surface area contributed by atoms with E-state index in [4.69, 9.17) is 68.0 Å². The van der Waals surface area contributed by atoms with Gasteiger partial charge in [0.25, 0.3) is 0 Å². The van der Waals surface area contributed by atoms with Crippen LogP contribution in [0.15, 0.2) is 6.07 Å². The Morgan fingerprint density at radius 2 is 1.67 bits per heavy atom. The lowest BCUT2D eigenvalue weighted by atomic mass is 9.70. The van der Waals surface area contributed by atoms with Crippen molar-refractivity contribution in [1.82, 2.24) is 9.80 Å². The SMILES string of the molecule is CCCCOc1c(C)c2c(c3c1C(O)[C@H]1C4c5c(cc(C)c(OC)c5OCCCC)CC([C@H](C#N)N1C3COC(C)=O)N4C(=O)OCC(Cl)(Cl)Cl)OCO2. The summed E-state index contributed by atoms with van der Waals surface area (Å²) in [6.45, 7) is 8.96. The van der Waals surface area contributed by atoms with Gasteiger partial charge in [-0.3, -0.25) is 14.6 Å². The maximum atomic E-state index is 14.4. The first-order chi connectivity index (χ1) is 25.8. The molecule has 4 unspecified atom stereocenters. The van der Waals surface area contributed by atoms with Crippen molar-refractivity contribution in [2.45, 2.75) is 107 Å². The third-order valence-corrected chi connectivity index (χ3v) is 10.8. The van der Waals surface area contributed by atoms with Crippen LogP contribution in [0.2, 0.25) is 0 Å². The highest BCUT2D eigenvalue weighted by Gasteiger charge is 2.62. The van der Waals surface area contributed by atoms with Crippen LogP contribution in [0.25, 0.3) is 0 Å². The van der Waals surface area contributed by atoms with Crippen molar-refractivity contribution in [3.8, 4) is 34.8 Å². The molecule has 13 nitrogen and oxygen atoms in total. The number of ether oxygens (including phenoxy) is 7. The van der Waals surface area contributed by atoms with Crippen LogP contribution in [-0.2, 0) is 20.7 Å². The Kier molecular flexibility index (Phi) is 12.1. The molecule has 16 heteroatoms. The second-order valence-corrected chi connectivity index (χ2v) is 16.5. The van der Waals surface area contributed by atoms with Gasteiger partial charge in [-0.05, 0) is 44.2 Å². The fraction of sp³-hybridized carbons (Fsp3) is 0.605. The fourth-order valence-corrected chi connectivity index (χ4v) is 8.52. The summed E-state index contributed by atoms with van der Waals surface area (Å²) in [5, 5.41) is 24.1. The van der Waals surface area contributed by atoms with Crippen molar-refractivity contribution in [1.29, 1.82) is 5.26 Å². The topological polar surface area (TPSA) is 149 Å². The molecule has 0 saturated carbocycles. The first-order valence-electron chi connectivity index (χ1n) is 18.2. The van der Waals surface area contributed by atoms with E-state index in [-0.39, 0.29) is 19.8 Å². The van der Waals surface area contributed by atoms with Gasteiger partial charge in [0.15, 0.2) is 23.0 Å². The number of aliphatic hydroxyl groups excluding tert-OH is 1. The zero-order valence-electron chi connectivity index (χ0n) is 31.2. The van der Waals surface area contributed by atoms with Gasteiger partial charge in [-0.15, -0.1) is 0 Å². The van der Waals surface area contributed by atoms with Gasteiger partial charge in [-0.2, -0.15) is 5.26 Å². The minimum absolute atomic E-state index is 0.0818. The molecular weight excluding hydrogens is 765 g/mol. The Bertz CT molecular complexity index is 1810. The van der Waals surface area contributed by atoms with Gasteiger partial charge in [0.1, 0.15) is 31.1 Å². The Hall–Kier alpha value is -3.54. The largest absolute Gasteiger partial charge is 0.493 e. The average Bonchev–Trinajstić information content (AvgIpc) is 3.61. The number of hydrogen-bond donors (Lipinski definition) is 1. The molecule has 0 spiro atoms. The normalized spacial score (nSPS) is 23.8. The maximum absolute atomic E-state index is 14.4. The molecule has 1 saturated heterocycles. The molecular formula is C38H46Cl3N3O10. The van der Waals surface area contributed by atoms with Crippen LogP contribution in [0, 0.1) is 25.2 Å². The van der Waals surface area contributed by atoms with E-state index in [0.29, 0.717) is 64.2 Å². The smallest absolute Gasteiger partial charge is 0.410 e.